The number of pyridine rings is 1. The van der Waals surface area contributed by atoms with Gasteiger partial charge in [-0.1, -0.05) is 20.8 Å². The van der Waals surface area contributed by atoms with Crippen molar-refractivity contribution in [2.75, 3.05) is 7.05 Å². The molecule has 1 atom stereocenters. The van der Waals surface area contributed by atoms with E-state index in [-0.39, 0.29) is 17.1 Å². The number of halogens is 1. The summed E-state index contributed by atoms with van der Waals surface area (Å²) in [4.78, 5) is 14.4. The van der Waals surface area contributed by atoms with Crippen LogP contribution in [0.4, 0.5) is 5.69 Å². The number of rotatable bonds is 4. The lowest BCUT2D eigenvalue weighted by molar-refractivity contribution is -0.385. The van der Waals surface area contributed by atoms with Crippen LogP contribution >= 0.6 is 15.9 Å². The Hall–Kier alpha value is -1.01. The third kappa shape index (κ3) is 3.74. The fraction of sp³-hybridized carbons (Fsp3) is 0.583. The molecule has 1 N–H and O–H groups in total. The number of hydrogen-bond acceptors (Lipinski definition) is 4. The van der Waals surface area contributed by atoms with Crippen LogP contribution in [0.2, 0.25) is 0 Å². The van der Waals surface area contributed by atoms with Gasteiger partial charge in [0.1, 0.15) is 6.20 Å². The van der Waals surface area contributed by atoms with Crippen LogP contribution in [0, 0.1) is 15.5 Å². The topological polar surface area (TPSA) is 68.1 Å². The third-order valence-corrected chi connectivity index (χ3v) is 3.59. The molecule has 0 saturated heterocycles. The van der Waals surface area contributed by atoms with Gasteiger partial charge in [-0.25, -0.2) is 0 Å². The van der Waals surface area contributed by atoms with Crippen molar-refractivity contribution >= 4 is 21.6 Å². The highest BCUT2D eigenvalue weighted by Gasteiger charge is 2.24. The van der Waals surface area contributed by atoms with E-state index in [1.165, 1.54) is 12.3 Å². The minimum absolute atomic E-state index is 0.00221. The van der Waals surface area contributed by atoms with E-state index in [1.807, 2.05) is 7.05 Å². The second-order valence-corrected chi connectivity index (χ2v) is 6.14. The van der Waals surface area contributed by atoms with Crippen LogP contribution in [0.25, 0.3) is 0 Å². The normalized spacial score (nSPS) is 13.4. The number of aromatic nitrogens is 1. The average molecular weight is 316 g/mol. The first kappa shape index (κ1) is 15.0. The van der Waals surface area contributed by atoms with E-state index in [4.69, 9.17) is 0 Å². The number of nitro groups is 1. The van der Waals surface area contributed by atoms with Gasteiger partial charge >= 0.3 is 0 Å². The Bertz CT molecular complexity index is 443. The molecule has 6 heteroatoms. The zero-order valence-electron chi connectivity index (χ0n) is 11.0. The van der Waals surface area contributed by atoms with Gasteiger partial charge in [-0.05, 0) is 28.4 Å². The largest absolute Gasteiger partial charge is 0.316 e. The summed E-state index contributed by atoms with van der Waals surface area (Å²) in [5.41, 5.74) is 0.926. The van der Waals surface area contributed by atoms with Crippen molar-refractivity contribution in [3.8, 4) is 0 Å². The van der Waals surface area contributed by atoms with Gasteiger partial charge in [0.2, 0.25) is 0 Å². The molecule has 0 spiro atoms. The molecule has 1 aromatic heterocycles. The van der Waals surface area contributed by atoms with E-state index in [1.54, 1.807) is 0 Å². The third-order valence-electron chi connectivity index (χ3n) is 2.91. The molecule has 0 amide bonds. The van der Waals surface area contributed by atoms with Gasteiger partial charge in [0, 0.05) is 23.0 Å². The summed E-state index contributed by atoms with van der Waals surface area (Å²) >= 11 is 3.35. The molecule has 0 saturated carbocycles. The summed E-state index contributed by atoms with van der Waals surface area (Å²) in [7, 11) is 1.91. The van der Waals surface area contributed by atoms with Crippen LogP contribution in [0.5, 0.6) is 0 Å². The number of nitrogens with one attached hydrogen (secondary N) is 1. The van der Waals surface area contributed by atoms with E-state index in [2.05, 4.69) is 47.0 Å². The van der Waals surface area contributed by atoms with Gasteiger partial charge in [-0.2, -0.15) is 0 Å². The average Bonchev–Trinajstić information content (AvgIpc) is 2.25. The Balaban J connectivity index is 2.95. The molecule has 0 aliphatic carbocycles. The Morgan fingerprint density at radius 2 is 2.17 bits per heavy atom. The van der Waals surface area contributed by atoms with Crippen LogP contribution in [-0.2, 0) is 6.42 Å². The van der Waals surface area contributed by atoms with Gasteiger partial charge in [0.25, 0.3) is 5.69 Å². The fourth-order valence-electron chi connectivity index (χ4n) is 1.74. The van der Waals surface area contributed by atoms with E-state index in [9.17, 15) is 10.1 Å². The predicted octanol–water partition coefficient (Wildman–Crippen LogP) is 2.93. The fourth-order valence-corrected chi connectivity index (χ4v) is 2.24. The van der Waals surface area contributed by atoms with Crippen LogP contribution in [0.15, 0.2) is 16.7 Å². The monoisotopic (exact) mass is 315 g/mol. The van der Waals surface area contributed by atoms with Crippen molar-refractivity contribution < 1.29 is 4.92 Å². The van der Waals surface area contributed by atoms with Crippen LogP contribution in [0.1, 0.15) is 26.5 Å². The van der Waals surface area contributed by atoms with Crippen LogP contribution < -0.4 is 5.32 Å². The minimum atomic E-state index is -0.444. The molecule has 0 aliphatic rings. The van der Waals surface area contributed by atoms with Crippen molar-refractivity contribution in [3.63, 3.8) is 0 Å². The van der Waals surface area contributed by atoms with E-state index < -0.39 is 4.92 Å². The molecule has 18 heavy (non-hydrogen) atoms. The Labute approximate surface area is 115 Å². The van der Waals surface area contributed by atoms with Gasteiger partial charge in [-0.3, -0.25) is 15.1 Å². The lowest BCUT2D eigenvalue weighted by Crippen LogP contribution is -2.40. The lowest BCUT2D eigenvalue weighted by atomic mass is 9.84. The molecule has 1 heterocycles. The van der Waals surface area contributed by atoms with Crippen molar-refractivity contribution in [3.05, 3.63) is 32.5 Å². The summed E-state index contributed by atoms with van der Waals surface area (Å²) in [5, 5.41) is 13.9. The molecule has 0 aromatic carbocycles. The van der Waals surface area contributed by atoms with E-state index in [0.29, 0.717) is 4.47 Å². The molecule has 0 radical (unpaired) electrons. The highest BCUT2D eigenvalue weighted by molar-refractivity contribution is 9.10. The number of likely N-dealkylation sites (N-methyl/N-ethyl adjacent to an activating group) is 1. The molecule has 1 unspecified atom stereocenters. The van der Waals surface area contributed by atoms with Gasteiger partial charge in [0.15, 0.2) is 0 Å². The van der Waals surface area contributed by atoms with Crippen molar-refractivity contribution in [1.29, 1.82) is 0 Å². The summed E-state index contributed by atoms with van der Waals surface area (Å²) in [6.45, 7) is 6.44. The summed E-state index contributed by atoms with van der Waals surface area (Å²) in [6.07, 6.45) is 2.02. The smallest absolute Gasteiger partial charge is 0.288 e. The van der Waals surface area contributed by atoms with Crippen LogP contribution in [0.3, 0.4) is 0 Å². The van der Waals surface area contributed by atoms with Gasteiger partial charge in [0.05, 0.1) is 10.6 Å². The molecule has 0 bridgehead atoms. The maximum Gasteiger partial charge on any atom is 0.288 e. The number of hydrogen-bond donors (Lipinski definition) is 1. The molecule has 1 rings (SSSR count). The SMILES string of the molecule is CNC(Cc1ncc([N+](=O)[O-])cc1Br)C(C)(C)C. The van der Waals surface area contributed by atoms with Crippen LogP contribution in [-0.4, -0.2) is 23.0 Å². The highest BCUT2D eigenvalue weighted by atomic mass is 79.9. The lowest BCUT2D eigenvalue weighted by Gasteiger charge is -2.30. The zero-order valence-corrected chi connectivity index (χ0v) is 12.6. The van der Waals surface area contributed by atoms with Gasteiger partial charge in [-0.15, -0.1) is 0 Å². The minimum Gasteiger partial charge on any atom is -0.316 e. The van der Waals surface area contributed by atoms with E-state index >= 15 is 0 Å². The van der Waals surface area contributed by atoms with Crippen molar-refractivity contribution in [1.82, 2.24) is 10.3 Å². The molecular weight excluding hydrogens is 298 g/mol. The standard InChI is InChI=1S/C12H18BrN3O2/c1-12(2,3)11(14-4)6-10-9(13)5-8(7-15-10)16(17)18/h5,7,11,14H,6H2,1-4H3. The Kier molecular flexibility index (Phi) is 4.81. The molecule has 1 aromatic rings. The summed E-state index contributed by atoms with van der Waals surface area (Å²) in [6, 6.07) is 1.75. The molecular formula is C12H18BrN3O2. The molecule has 0 fully saturated rings. The molecule has 0 aliphatic heterocycles. The Morgan fingerprint density at radius 3 is 2.56 bits per heavy atom. The highest BCUT2D eigenvalue weighted by Crippen LogP contribution is 2.26. The Morgan fingerprint density at radius 1 is 1.56 bits per heavy atom. The quantitative estimate of drug-likeness (QED) is 0.685. The first-order chi connectivity index (χ1) is 8.25. The maximum atomic E-state index is 10.6. The second kappa shape index (κ2) is 5.75. The summed E-state index contributed by atoms with van der Waals surface area (Å²) < 4.78 is 0.682. The first-order valence-electron chi connectivity index (χ1n) is 5.71. The summed E-state index contributed by atoms with van der Waals surface area (Å²) in [5.74, 6) is 0. The van der Waals surface area contributed by atoms with Crippen molar-refractivity contribution in [2.24, 2.45) is 5.41 Å². The predicted molar refractivity (Wildman–Crippen MR) is 74.6 cm³/mol. The zero-order chi connectivity index (χ0) is 13.9. The maximum absolute atomic E-state index is 10.6. The molecule has 100 valence electrons. The number of nitrogens with zero attached hydrogens (tertiary/aromatic N) is 2. The first-order valence-corrected chi connectivity index (χ1v) is 6.51. The molecule has 5 nitrogen and oxygen atoms in total. The van der Waals surface area contributed by atoms with Crippen molar-refractivity contribution in [2.45, 2.75) is 33.2 Å². The van der Waals surface area contributed by atoms with E-state index in [0.717, 1.165) is 12.1 Å². The van der Waals surface area contributed by atoms with Gasteiger partial charge < -0.3 is 5.32 Å². The second-order valence-electron chi connectivity index (χ2n) is 5.29.